The van der Waals surface area contributed by atoms with Gasteiger partial charge in [0.2, 0.25) is 5.78 Å². The molecule has 4 nitrogen and oxygen atoms in total. The lowest BCUT2D eigenvalue weighted by Crippen LogP contribution is -2.46. The zero-order chi connectivity index (χ0) is 22.9. The fourth-order valence-electron chi connectivity index (χ4n) is 4.85. The average Bonchev–Trinajstić information content (AvgIpc) is 3.21. The molecule has 0 spiro atoms. The zero-order valence-electron chi connectivity index (χ0n) is 20.3. The number of aryl methyl sites for hydroxylation is 1. The number of H-pyrrole nitrogens is 1. The van der Waals surface area contributed by atoms with E-state index in [2.05, 4.69) is 66.8 Å². The molecule has 5 heteroatoms. The van der Waals surface area contributed by atoms with Crippen molar-refractivity contribution in [1.29, 1.82) is 0 Å². The molecule has 1 aliphatic heterocycles. The largest absolute Gasteiger partial charge is 0.340 e. The van der Waals surface area contributed by atoms with Crippen LogP contribution in [0.2, 0.25) is 0 Å². The number of carbonyl (C=O) groups excluding carboxylic acids is 1. The number of nitrogens with zero attached hydrogens (tertiary/aromatic N) is 2. The fourth-order valence-corrected chi connectivity index (χ4v) is 5.75. The zero-order valence-corrected chi connectivity index (χ0v) is 21.1. The Labute approximate surface area is 197 Å². The lowest BCUT2D eigenvalue weighted by molar-refractivity contribution is 0.0983. The van der Waals surface area contributed by atoms with Gasteiger partial charge >= 0.3 is 0 Å². The van der Waals surface area contributed by atoms with E-state index in [0.717, 1.165) is 37.2 Å². The Morgan fingerprint density at radius 3 is 2.62 bits per heavy atom. The average molecular weight is 452 g/mol. The van der Waals surface area contributed by atoms with Gasteiger partial charge < -0.3 is 4.98 Å². The molecule has 0 atom stereocenters. The number of aromatic nitrogens is 2. The van der Waals surface area contributed by atoms with Crippen molar-refractivity contribution in [2.24, 2.45) is 5.41 Å². The maximum atomic E-state index is 13.0. The van der Waals surface area contributed by atoms with Gasteiger partial charge in [-0.1, -0.05) is 32.1 Å². The minimum atomic E-state index is -0.0229. The number of rotatable bonds is 6. The number of benzene rings is 1. The van der Waals surface area contributed by atoms with Crippen molar-refractivity contribution in [3.63, 3.8) is 0 Å². The highest BCUT2D eigenvalue weighted by molar-refractivity contribution is 7.99. The summed E-state index contributed by atoms with van der Waals surface area (Å²) in [6.07, 6.45) is 7.85. The molecule has 1 N–H and O–H groups in total. The molecule has 172 valence electrons. The highest BCUT2D eigenvalue weighted by Crippen LogP contribution is 2.40. The van der Waals surface area contributed by atoms with E-state index in [-0.39, 0.29) is 11.3 Å². The number of hydrogen-bond donors (Lipinski definition) is 1. The molecule has 1 aliphatic carbocycles. The molecular weight excluding hydrogens is 414 g/mol. The van der Waals surface area contributed by atoms with Crippen LogP contribution < -0.4 is 0 Å². The number of carbonyl (C=O) groups is 1. The third-order valence-electron chi connectivity index (χ3n) is 7.25. The summed E-state index contributed by atoms with van der Waals surface area (Å²) in [5.74, 6) is 2.91. The van der Waals surface area contributed by atoms with Gasteiger partial charge in [-0.25, -0.2) is 4.98 Å². The molecule has 2 heterocycles. The molecule has 1 aromatic carbocycles. The first-order chi connectivity index (χ1) is 15.2. The number of allylic oxidation sites excluding steroid dienone is 2. The molecule has 0 amide bonds. The minimum Gasteiger partial charge on any atom is -0.340 e. The van der Waals surface area contributed by atoms with Gasteiger partial charge in [0.1, 0.15) is 0 Å². The Kier molecular flexibility index (Phi) is 6.69. The van der Waals surface area contributed by atoms with Crippen molar-refractivity contribution in [2.75, 3.05) is 24.6 Å². The Morgan fingerprint density at radius 2 is 2.00 bits per heavy atom. The fraction of sp³-hybridized carbons (Fsp3) is 0.556. The van der Waals surface area contributed by atoms with Crippen molar-refractivity contribution in [3.05, 3.63) is 58.7 Å². The summed E-state index contributed by atoms with van der Waals surface area (Å²) >= 11 is 2.05. The molecule has 1 aromatic heterocycles. The highest BCUT2D eigenvalue weighted by atomic mass is 32.2. The molecule has 32 heavy (non-hydrogen) atoms. The number of thioether (sulfide) groups is 1. The maximum Gasteiger partial charge on any atom is 0.202 e. The van der Waals surface area contributed by atoms with Crippen LogP contribution in [0.3, 0.4) is 0 Å². The van der Waals surface area contributed by atoms with Crippen LogP contribution in [0.5, 0.6) is 0 Å². The van der Waals surface area contributed by atoms with Crippen LogP contribution in [-0.4, -0.2) is 45.2 Å². The Bertz CT molecular complexity index is 1010. The quantitative estimate of drug-likeness (QED) is 0.546. The molecule has 0 unspecified atom stereocenters. The maximum absolute atomic E-state index is 13.0. The molecule has 2 aromatic rings. The van der Waals surface area contributed by atoms with Crippen molar-refractivity contribution < 1.29 is 4.79 Å². The smallest absolute Gasteiger partial charge is 0.202 e. The monoisotopic (exact) mass is 451 g/mol. The number of nitrogens with one attached hydrogen (secondary N) is 1. The van der Waals surface area contributed by atoms with Gasteiger partial charge in [-0.3, -0.25) is 9.69 Å². The van der Waals surface area contributed by atoms with Gasteiger partial charge in [-0.15, -0.1) is 0 Å². The Hall–Kier alpha value is -1.85. The number of imidazole rings is 1. The summed E-state index contributed by atoms with van der Waals surface area (Å²) in [7, 11) is 0. The molecule has 1 saturated heterocycles. The van der Waals surface area contributed by atoms with Crippen LogP contribution in [0.15, 0.2) is 30.5 Å². The summed E-state index contributed by atoms with van der Waals surface area (Å²) < 4.78 is 0. The van der Waals surface area contributed by atoms with E-state index in [9.17, 15) is 4.79 Å². The SMILES string of the molecule is Cc1cnc(C(=O)Cc2ccc(C(C)(C)N3CCSCC3)cc2C2=CCC(C)(C)CC2)[nH]1. The predicted octanol–water partition coefficient (Wildman–Crippen LogP) is 6.02. The van der Waals surface area contributed by atoms with Gasteiger partial charge in [0.15, 0.2) is 5.82 Å². The normalized spacial score (nSPS) is 19.6. The van der Waals surface area contributed by atoms with E-state index in [0.29, 0.717) is 17.7 Å². The van der Waals surface area contributed by atoms with Crippen molar-refractivity contribution in [3.8, 4) is 0 Å². The predicted molar refractivity (Wildman–Crippen MR) is 135 cm³/mol. The molecular formula is C27H37N3OS. The van der Waals surface area contributed by atoms with Crippen molar-refractivity contribution in [1.82, 2.24) is 14.9 Å². The number of Topliss-reactive ketones (excluding diaryl/α,β-unsaturated/α-hetero) is 1. The summed E-state index contributed by atoms with van der Waals surface area (Å²) in [5.41, 5.74) is 6.36. The first-order valence-electron chi connectivity index (χ1n) is 11.9. The van der Waals surface area contributed by atoms with Crippen LogP contribution in [0, 0.1) is 12.3 Å². The second-order valence-corrected chi connectivity index (χ2v) is 11.9. The van der Waals surface area contributed by atoms with E-state index in [1.165, 1.54) is 34.6 Å². The van der Waals surface area contributed by atoms with Gasteiger partial charge in [-0.2, -0.15) is 11.8 Å². The second kappa shape index (κ2) is 9.18. The van der Waals surface area contributed by atoms with Crippen molar-refractivity contribution in [2.45, 2.75) is 65.8 Å². The van der Waals surface area contributed by atoms with Gasteiger partial charge in [0.25, 0.3) is 0 Å². The van der Waals surface area contributed by atoms with Crippen LogP contribution in [0.1, 0.15) is 80.0 Å². The minimum absolute atomic E-state index is 0.0229. The molecule has 4 rings (SSSR count). The van der Waals surface area contributed by atoms with Gasteiger partial charge in [-0.05, 0) is 73.8 Å². The van der Waals surface area contributed by atoms with Gasteiger partial charge in [0, 0.05) is 48.4 Å². The molecule has 0 saturated carbocycles. The van der Waals surface area contributed by atoms with E-state index in [4.69, 9.17) is 0 Å². The molecule has 1 fully saturated rings. The van der Waals surface area contributed by atoms with Crippen molar-refractivity contribution >= 4 is 23.1 Å². The summed E-state index contributed by atoms with van der Waals surface area (Å²) in [5, 5.41) is 0. The summed E-state index contributed by atoms with van der Waals surface area (Å²) in [4.78, 5) is 22.9. The number of ketones is 1. The van der Waals surface area contributed by atoms with E-state index in [1.807, 2.05) is 18.7 Å². The lowest BCUT2D eigenvalue weighted by Gasteiger charge is -2.41. The molecule has 0 radical (unpaired) electrons. The molecule has 0 bridgehead atoms. The topological polar surface area (TPSA) is 49.0 Å². The summed E-state index contributed by atoms with van der Waals surface area (Å²) in [6, 6.07) is 6.82. The summed E-state index contributed by atoms with van der Waals surface area (Å²) in [6.45, 7) is 13.6. The van der Waals surface area contributed by atoms with E-state index >= 15 is 0 Å². The van der Waals surface area contributed by atoms with Crippen LogP contribution in [0.25, 0.3) is 5.57 Å². The van der Waals surface area contributed by atoms with E-state index in [1.54, 1.807) is 6.20 Å². The number of aromatic amines is 1. The second-order valence-electron chi connectivity index (χ2n) is 10.6. The van der Waals surface area contributed by atoms with Crippen LogP contribution in [0.4, 0.5) is 0 Å². The standard InChI is InChI=1S/C27H37N3OS/c1-19-18-28-25(29-19)24(31)16-21-6-7-22(27(4,5)30-12-14-32-15-13-30)17-23(21)20-8-10-26(2,3)11-9-20/h6-8,17-18H,9-16H2,1-5H3,(H,28,29). The van der Waals surface area contributed by atoms with E-state index < -0.39 is 0 Å². The third kappa shape index (κ3) is 5.04. The van der Waals surface area contributed by atoms with Crippen LogP contribution in [-0.2, 0) is 12.0 Å². The number of hydrogen-bond acceptors (Lipinski definition) is 4. The third-order valence-corrected chi connectivity index (χ3v) is 8.20. The first-order valence-corrected chi connectivity index (χ1v) is 13.0. The first kappa shape index (κ1) is 23.3. The van der Waals surface area contributed by atoms with Crippen LogP contribution >= 0.6 is 11.8 Å². The lowest BCUT2D eigenvalue weighted by atomic mass is 9.75. The highest BCUT2D eigenvalue weighted by Gasteiger charge is 2.31. The molecule has 2 aliphatic rings. The Balaban J connectivity index is 1.69. The van der Waals surface area contributed by atoms with Gasteiger partial charge in [0.05, 0.1) is 0 Å². The Morgan fingerprint density at radius 1 is 1.25 bits per heavy atom.